The maximum absolute atomic E-state index is 12.2. The highest BCUT2D eigenvalue weighted by Gasteiger charge is 2.11. The Labute approximate surface area is 157 Å². The second-order valence-electron chi connectivity index (χ2n) is 5.56. The number of aromatic nitrogens is 3. The van der Waals surface area contributed by atoms with Gasteiger partial charge >= 0.3 is 6.61 Å². The predicted molar refractivity (Wildman–Crippen MR) is 97.7 cm³/mol. The van der Waals surface area contributed by atoms with Gasteiger partial charge in [-0.3, -0.25) is 4.98 Å². The van der Waals surface area contributed by atoms with Crippen LogP contribution < -0.4 is 4.74 Å². The number of thioether (sulfide) groups is 1. The molecule has 0 fully saturated rings. The second kappa shape index (κ2) is 7.71. The molecule has 0 N–H and O–H groups in total. The molecule has 27 heavy (non-hydrogen) atoms. The first-order chi connectivity index (χ1) is 13.2. The van der Waals surface area contributed by atoms with Crippen LogP contribution in [0.25, 0.3) is 22.4 Å². The number of pyridine rings is 1. The fourth-order valence-electron chi connectivity index (χ4n) is 2.59. The number of benzene rings is 2. The Balaban J connectivity index is 1.46. The molecule has 4 aromatic rings. The van der Waals surface area contributed by atoms with Gasteiger partial charge in [-0.15, -0.1) is 10.2 Å². The molecular formula is C19H13F2N3O2S. The Hall–Kier alpha value is -3.00. The van der Waals surface area contributed by atoms with Crippen LogP contribution >= 0.6 is 11.8 Å². The van der Waals surface area contributed by atoms with Crippen LogP contribution in [0.3, 0.4) is 0 Å². The van der Waals surface area contributed by atoms with Crippen LogP contribution in [0.2, 0.25) is 0 Å². The zero-order valence-electron chi connectivity index (χ0n) is 13.9. The van der Waals surface area contributed by atoms with Crippen LogP contribution in [0.4, 0.5) is 8.78 Å². The monoisotopic (exact) mass is 385 g/mol. The quantitative estimate of drug-likeness (QED) is 0.426. The molecule has 0 aliphatic rings. The summed E-state index contributed by atoms with van der Waals surface area (Å²) >= 11 is 1.41. The molecule has 0 unspecified atom stereocenters. The molecule has 0 saturated carbocycles. The van der Waals surface area contributed by atoms with Gasteiger partial charge in [0.15, 0.2) is 0 Å². The minimum Gasteiger partial charge on any atom is -0.435 e. The Morgan fingerprint density at radius 3 is 2.63 bits per heavy atom. The molecule has 5 nitrogen and oxygen atoms in total. The van der Waals surface area contributed by atoms with Gasteiger partial charge in [-0.1, -0.05) is 36.0 Å². The number of alkyl halides is 2. The van der Waals surface area contributed by atoms with Crippen molar-refractivity contribution in [2.24, 2.45) is 0 Å². The van der Waals surface area contributed by atoms with E-state index in [0.29, 0.717) is 22.4 Å². The SMILES string of the molecule is FC(F)Oc1ccc(-c2nnc(SCc3cccc4cccnc34)o2)cc1. The van der Waals surface area contributed by atoms with E-state index in [2.05, 4.69) is 19.9 Å². The van der Waals surface area contributed by atoms with Crippen LogP contribution in [-0.4, -0.2) is 21.8 Å². The lowest BCUT2D eigenvalue weighted by Crippen LogP contribution is -2.01. The molecule has 2 aromatic carbocycles. The third-order valence-electron chi connectivity index (χ3n) is 3.80. The number of hydrogen-bond donors (Lipinski definition) is 0. The average Bonchev–Trinajstić information content (AvgIpc) is 3.15. The van der Waals surface area contributed by atoms with E-state index in [1.807, 2.05) is 30.3 Å². The number of rotatable bonds is 6. The fourth-order valence-corrected chi connectivity index (χ4v) is 3.34. The Kier molecular flexibility index (Phi) is 4.97. The van der Waals surface area contributed by atoms with Crippen molar-refractivity contribution in [1.82, 2.24) is 15.2 Å². The fraction of sp³-hybridized carbons (Fsp3) is 0.105. The summed E-state index contributed by atoms with van der Waals surface area (Å²) in [5.74, 6) is 1.03. The number of nitrogens with zero attached hydrogens (tertiary/aromatic N) is 3. The number of fused-ring (bicyclic) bond motifs is 1. The van der Waals surface area contributed by atoms with E-state index in [9.17, 15) is 8.78 Å². The lowest BCUT2D eigenvalue weighted by Gasteiger charge is -2.04. The summed E-state index contributed by atoms with van der Waals surface area (Å²) in [5.41, 5.74) is 2.65. The molecule has 0 radical (unpaired) electrons. The van der Waals surface area contributed by atoms with Crippen molar-refractivity contribution in [3.05, 3.63) is 66.4 Å². The molecule has 2 aromatic heterocycles. The lowest BCUT2D eigenvalue weighted by molar-refractivity contribution is -0.0498. The normalized spacial score (nSPS) is 11.2. The zero-order valence-corrected chi connectivity index (χ0v) is 14.7. The number of halogens is 2. The van der Waals surface area contributed by atoms with Crippen molar-refractivity contribution in [3.8, 4) is 17.2 Å². The van der Waals surface area contributed by atoms with Crippen LogP contribution in [0.15, 0.2) is 70.4 Å². The molecule has 0 aliphatic heterocycles. The summed E-state index contributed by atoms with van der Waals surface area (Å²) < 4.78 is 34.4. The van der Waals surface area contributed by atoms with Gasteiger partial charge in [0.1, 0.15) is 5.75 Å². The third-order valence-corrected chi connectivity index (χ3v) is 4.67. The van der Waals surface area contributed by atoms with E-state index in [4.69, 9.17) is 4.42 Å². The molecule has 0 bridgehead atoms. The summed E-state index contributed by atoms with van der Waals surface area (Å²) in [4.78, 5) is 4.43. The maximum Gasteiger partial charge on any atom is 0.387 e. The van der Waals surface area contributed by atoms with Crippen molar-refractivity contribution >= 4 is 22.7 Å². The highest BCUT2D eigenvalue weighted by atomic mass is 32.2. The van der Waals surface area contributed by atoms with E-state index in [1.165, 1.54) is 23.9 Å². The Morgan fingerprint density at radius 2 is 1.81 bits per heavy atom. The lowest BCUT2D eigenvalue weighted by atomic mass is 10.1. The van der Waals surface area contributed by atoms with Gasteiger partial charge in [-0.05, 0) is 35.9 Å². The smallest absolute Gasteiger partial charge is 0.387 e. The minimum absolute atomic E-state index is 0.0753. The van der Waals surface area contributed by atoms with E-state index in [0.717, 1.165) is 16.5 Å². The topological polar surface area (TPSA) is 61.0 Å². The molecule has 136 valence electrons. The molecule has 2 heterocycles. The van der Waals surface area contributed by atoms with Crippen molar-refractivity contribution in [3.63, 3.8) is 0 Å². The summed E-state index contributed by atoms with van der Waals surface area (Å²) in [6.45, 7) is -2.86. The number of hydrogen-bond acceptors (Lipinski definition) is 6. The molecule has 4 rings (SSSR count). The standard InChI is InChI=1S/C19H13F2N3O2S/c20-18(21)25-15-8-6-13(7-9-15)17-23-24-19(26-17)27-11-14-4-1-3-12-5-2-10-22-16(12)14/h1-10,18H,11H2. The zero-order chi connectivity index (χ0) is 18.6. The summed E-state index contributed by atoms with van der Waals surface area (Å²) in [6.07, 6.45) is 1.77. The first-order valence-electron chi connectivity index (χ1n) is 8.03. The average molecular weight is 385 g/mol. The van der Waals surface area contributed by atoms with Gasteiger partial charge in [-0.2, -0.15) is 8.78 Å². The Bertz CT molecular complexity index is 1050. The van der Waals surface area contributed by atoms with Crippen LogP contribution in [0.1, 0.15) is 5.56 Å². The van der Waals surface area contributed by atoms with Gasteiger partial charge in [-0.25, -0.2) is 0 Å². The largest absolute Gasteiger partial charge is 0.435 e. The van der Waals surface area contributed by atoms with Crippen molar-refractivity contribution in [2.75, 3.05) is 0 Å². The van der Waals surface area contributed by atoms with E-state index in [1.54, 1.807) is 18.3 Å². The van der Waals surface area contributed by atoms with Crippen LogP contribution in [-0.2, 0) is 5.75 Å². The highest BCUT2D eigenvalue weighted by molar-refractivity contribution is 7.98. The van der Waals surface area contributed by atoms with E-state index in [-0.39, 0.29) is 5.75 Å². The maximum atomic E-state index is 12.2. The number of ether oxygens (including phenoxy) is 1. The molecule has 0 spiro atoms. The summed E-state index contributed by atoms with van der Waals surface area (Å²) in [6, 6.07) is 16.0. The second-order valence-corrected chi connectivity index (χ2v) is 6.48. The van der Waals surface area contributed by atoms with Crippen LogP contribution in [0, 0.1) is 0 Å². The van der Waals surface area contributed by atoms with Gasteiger partial charge in [0.05, 0.1) is 5.52 Å². The van der Waals surface area contributed by atoms with E-state index >= 15 is 0 Å². The summed E-state index contributed by atoms with van der Waals surface area (Å²) in [7, 11) is 0. The van der Waals surface area contributed by atoms with Crippen molar-refractivity contribution in [1.29, 1.82) is 0 Å². The molecule has 0 amide bonds. The van der Waals surface area contributed by atoms with Crippen molar-refractivity contribution < 1.29 is 17.9 Å². The van der Waals surface area contributed by atoms with E-state index < -0.39 is 6.61 Å². The predicted octanol–water partition coefficient (Wildman–Crippen LogP) is 5.18. The Morgan fingerprint density at radius 1 is 1.00 bits per heavy atom. The molecule has 0 aliphatic carbocycles. The van der Waals surface area contributed by atoms with Gasteiger partial charge in [0.2, 0.25) is 5.89 Å². The molecular weight excluding hydrogens is 372 g/mol. The first-order valence-corrected chi connectivity index (χ1v) is 9.02. The minimum atomic E-state index is -2.86. The number of para-hydroxylation sites is 1. The van der Waals surface area contributed by atoms with Gasteiger partial charge in [0, 0.05) is 22.9 Å². The van der Waals surface area contributed by atoms with Gasteiger partial charge in [0.25, 0.3) is 5.22 Å². The summed E-state index contributed by atoms with van der Waals surface area (Å²) in [5, 5.41) is 9.54. The molecule has 0 saturated heterocycles. The highest BCUT2D eigenvalue weighted by Crippen LogP contribution is 2.28. The first kappa shape index (κ1) is 17.4. The van der Waals surface area contributed by atoms with Crippen LogP contribution in [0.5, 0.6) is 5.75 Å². The third kappa shape index (κ3) is 4.06. The van der Waals surface area contributed by atoms with Gasteiger partial charge < -0.3 is 9.15 Å². The molecule has 0 atom stereocenters. The van der Waals surface area contributed by atoms with Crippen molar-refractivity contribution in [2.45, 2.75) is 17.6 Å². The molecule has 8 heteroatoms.